The van der Waals surface area contributed by atoms with Gasteiger partial charge in [-0.15, -0.1) is 0 Å². The van der Waals surface area contributed by atoms with Crippen molar-refractivity contribution in [1.82, 2.24) is 15.6 Å². The molecule has 0 unspecified atom stereocenters. The van der Waals surface area contributed by atoms with Crippen LogP contribution in [0.15, 0.2) is 97.1 Å². The number of hydrogen-bond donors (Lipinski definition) is 3. The van der Waals surface area contributed by atoms with Gasteiger partial charge in [0.2, 0.25) is 0 Å². The zero-order valence-electron chi connectivity index (χ0n) is 20.2. The number of aliphatic hydroxyl groups is 1. The number of methoxy groups -OCH3 is 1. The van der Waals surface area contributed by atoms with Crippen molar-refractivity contribution >= 4 is 28.7 Å². The number of carbonyl (C=O) groups is 3. The number of aliphatic hydroxyl groups excluding tert-OH is 1. The molecule has 188 valence electrons. The second-order valence-electron chi connectivity index (χ2n) is 8.46. The van der Waals surface area contributed by atoms with Crippen LogP contribution >= 0.6 is 0 Å². The van der Waals surface area contributed by atoms with Crippen molar-refractivity contribution in [2.24, 2.45) is 0 Å². The molecule has 4 aromatic rings. The first-order valence-corrected chi connectivity index (χ1v) is 11.8. The van der Waals surface area contributed by atoms with Crippen molar-refractivity contribution in [2.75, 3.05) is 7.11 Å². The quantitative estimate of drug-likeness (QED) is 0.306. The summed E-state index contributed by atoms with van der Waals surface area (Å²) < 4.78 is 4.89. The van der Waals surface area contributed by atoms with Crippen molar-refractivity contribution in [1.29, 1.82) is 0 Å². The molecule has 0 spiro atoms. The predicted molar refractivity (Wildman–Crippen MR) is 138 cm³/mol. The highest BCUT2D eigenvalue weighted by Gasteiger charge is 2.32. The topological polar surface area (TPSA) is 118 Å². The zero-order valence-corrected chi connectivity index (χ0v) is 20.2. The number of benzene rings is 3. The summed E-state index contributed by atoms with van der Waals surface area (Å²) in [5.74, 6) is -1.97. The van der Waals surface area contributed by atoms with E-state index >= 15 is 0 Å². The van der Waals surface area contributed by atoms with Crippen LogP contribution in [-0.2, 0) is 20.7 Å². The average molecular weight is 498 g/mol. The molecule has 0 radical (unpaired) electrons. The van der Waals surface area contributed by atoms with Crippen LogP contribution in [-0.4, -0.2) is 47.1 Å². The van der Waals surface area contributed by atoms with Gasteiger partial charge < -0.3 is 20.5 Å². The lowest BCUT2D eigenvalue weighted by atomic mass is 9.99. The Morgan fingerprint density at radius 2 is 1.49 bits per heavy atom. The standard InChI is InChI=1S/C29H27N3O5/c1-37-29(36)24(18-22-17-16-19-10-8-9-15-23(19)30-22)31-28(35)26(33)25(20-11-4-2-5-12-20)32-27(34)21-13-6-3-7-14-21/h2-17,24-26,33H,18H2,1H3,(H,31,35)(H,32,34)/t24-,25-,26+/m0/s1. The summed E-state index contributed by atoms with van der Waals surface area (Å²) in [6.45, 7) is 0. The van der Waals surface area contributed by atoms with E-state index in [1.165, 1.54) is 7.11 Å². The summed E-state index contributed by atoms with van der Waals surface area (Å²) in [5.41, 5.74) is 2.23. The van der Waals surface area contributed by atoms with Gasteiger partial charge in [-0.25, -0.2) is 4.79 Å². The number of amides is 2. The largest absolute Gasteiger partial charge is 0.467 e. The molecular formula is C29H27N3O5. The Labute approximate surface area is 214 Å². The van der Waals surface area contributed by atoms with Crippen LogP contribution in [0.1, 0.15) is 27.7 Å². The van der Waals surface area contributed by atoms with Crippen LogP contribution in [0.2, 0.25) is 0 Å². The fraction of sp³-hybridized carbons (Fsp3) is 0.172. The zero-order chi connectivity index (χ0) is 26.2. The fourth-order valence-electron chi connectivity index (χ4n) is 3.99. The van der Waals surface area contributed by atoms with Gasteiger partial charge in [-0.3, -0.25) is 14.6 Å². The molecule has 37 heavy (non-hydrogen) atoms. The molecule has 3 atom stereocenters. The molecule has 0 bridgehead atoms. The molecule has 1 aromatic heterocycles. The Hall–Kier alpha value is -4.56. The monoisotopic (exact) mass is 497 g/mol. The predicted octanol–water partition coefficient (Wildman–Crippen LogP) is 2.97. The van der Waals surface area contributed by atoms with E-state index < -0.39 is 36.0 Å². The minimum absolute atomic E-state index is 0.0579. The molecule has 3 N–H and O–H groups in total. The van der Waals surface area contributed by atoms with Crippen LogP contribution in [0.25, 0.3) is 10.9 Å². The Kier molecular flexibility index (Phi) is 8.22. The maximum absolute atomic E-state index is 13.2. The Morgan fingerprint density at radius 3 is 2.19 bits per heavy atom. The number of nitrogens with zero attached hydrogens (tertiary/aromatic N) is 1. The molecule has 0 aliphatic carbocycles. The van der Waals surface area contributed by atoms with E-state index in [2.05, 4.69) is 15.6 Å². The van der Waals surface area contributed by atoms with Crippen LogP contribution in [0.4, 0.5) is 0 Å². The highest BCUT2D eigenvalue weighted by Crippen LogP contribution is 2.19. The Balaban J connectivity index is 1.54. The van der Waals surface area contributed by atoms with Crippen molar-refractivity contribution in [2.45, 2.75) is 24.6 Å². The number of ether oxygens (including phenoxy) is 1. The number of para-hydroxylation sites is 1. The smallest absolute Gasteiger partial charge is 0.328 e. The molecular weight excluding hydrogens is 470 g/mol. The number of fused-ring (bicyclic) bond motifs is 1. The third kappa shape index (κ3) is 6.36. The van der Waals surface area contributed by atoms with Crippen LogP contribution in [0.5, 0.6) is 0 Å². The number of esters is 1. The summed E-state index contributed by atoms with van der Waals surface area (Å²) >= 11 is 0. The maximum atomic E-state index is 13.2. The van der Waals surface area contributed by atoms with Gasteiger partial charge in [0.05, 0.1) is 18.7 Å². The summed E-state index contributed by atoms with van der Waals surface area (Å²) in [5, 5.41) is 17.3. The lowest BCUT2D eigenvalue weighted by Gasteiger charge is -2.26. The van der Waals surface area contributed by atoms with E-state index in [0.717, 1.165) is 10.9 Å². The number of nitrogens with one attached hydrogen (secondary N) is 2. The first-order chi connectivity index (χ1) is 18.0. The van der Waals surface area contributed by atoms with Gasteiger partial charge in [0.1, 0.15) is 6.04 Å². The number of carbonyl (C=O) groups excluding carboxylic acids is 3. The molecule has 2 amide bonds. The molecule has 8 heteroatoms. The minimum atomic E-state index is -1.69. The summed E-state index contributed by atoms with van der Waals surface area (Å²) in [6, 6.07) is 26.2. The fourth-order valence-corrected chi connectivity index (χ4v) is 3.99. The third-order valence-corrected chi connectivity index (χ3v) is 5.94. The molecule has 3 aromatic carbocycles. The summed E-state index contributed by atoms with van der Waals surface area (Å²) in [7, 11) is 1.22. The molecule has 0 saturated heterocycles. The van der Waals surface area contributed by atoms with Gasteiger partial charge >= 0.3 is 5.97 Å². The molecule has 8 nitrogen and oxygen atoms in total. The van der Waals surface area contributed by atoms with Gasteiger partial charge in [-0.05, 0) is 29.8 Å². The number of aromatic nitrogens is 1. The molecule has 0 aliphatic rings. The average Bonchev–Trinajstić information content (AvgIpc) is 2.95. The lowest BCUT2D eigenvalue weighted by Crippen LogP contribution is -2.51. The normalized spacial score (nSPS) is 13.2. The first-order valence-electron chi connectivity index (χ1n) is 11.8. The Bertz CT molecular complexity index is 1380. The van der Waals surface area contributed by atoms with Gasteiger partial charge in [0, 0.05) is 23.1 Å². The highest BCUT2D eigenvalue weighted by atomic mass is 16.5. The van der Waals surface area contributed by atoms with Gasteiger partial charge in [0.25, 0.3) is 11.8 Å². The van der Waals surface area contributed by atoms with E-state index in [1.54, 1.807) is 66.7 Å². The van der Waals surface area contributed by atoms with E-state index in [4.69, 9.17) is 4.74 Å². The van der Waals surface area contributed by atoms with E-state index in [9.17, 15) is 19.5 Å². The maximum Gasteiger partial charge on any atom is 0.328 e. The SMILES string of the molecule is COC(=O)[C@H](Cc1ccc2ccccc2n1)NC(=O)[C@H](O)[C@@H](NC(=O)c1ccccc1)c1ccccc1. The van der Waals surface area contributed by atoms with Crippen molar-refractivity contribution in [3.8, 4) is 0 Å². The van der Waals surface area contributed by atoms with E-state index in [0.29, 0.717) is 16.8 Å². The summed E-state index contributed by atoms with van der Waals surface area (Å²) in [6.07, 6.45) is -1.63. The van der Waals surface area contributed by atoms with E-state index in [1.807, 2.05) is 30.3 Å². The van der Waals surface area contributed by atoms with Crippen LogP contribution in [0, 0.1) is 0 Å². The van der Waals surface area contributed by atoms with Crippen molar-refractivity contribution in [3.63, 3.8) is 0 Å². The number of pyridine rings is 1. The first kappa shape index (κ1) is 25.5. The third-order valence-electron chi connectivity index (χ3n) is 5.94. The van der Waals surface area contributed by atoms with Crippen molar-refractivity contribution in [3.05, 3.63) is 114 Å². The minimum Gasteiger partial charge on any atom is -0.467 e. The molecule has 4 rings (SSSR count). The second-order valence-corrected chi connectivity index (χ2v) is 8.46. The van der Waals surface area contributed by atoms with Gasteiger partial charge in [0.15, 0.2) is 6.10 Å². The van der Waals surface area contributed by atoms with E-state index in [-0.39, 0.29) is 6.42 Å². The van der Waals surface area contributed by atoms with Gasteiger partial charge in [-0.1, -0.05) is 72.8 Å². The summed E-state index contributed by atoms with van der Waals surface area (Å²) in [4.78, 5) is 43.1. The molecule has 1 heterocycles. The van der Waals surface area contributed by atoms with Crippen LogP contribution < -0.4 is 10.6 Å². The molecule has 0 aliphatic heterocycles. The highest BCUT2D eigenvalue weighted by molar-refractivity contribution is 5.95. The lowest BCUT2D eigenvalue weighted by molar-refractivity contribution is -0.146. The van der Waals surface area contributed by atoms with Gasteiger partial charge in [-0.2, -0.15) is 0 Å². The molecule has 0 saturated carbocycles. The number of hydrogen-bond acceptors (Lipinski definition) is 6. The number of rotatable bonds is 9. The second kappa shape index (κ2) is 11.9. The van der Waals surface area contributed by atoms with Crippen molar-refractivity contribution < 1.29 is 24.2 Å². The molecule has 0 fully saturated rings. The van der Waals surface area contributed by atoms with Crippen LogP contribution in [0.3, 0.4) is 0 Å². The Morgan fingerprint density at radius 1 is 0.838 bits per heavy atom.